The van der Waals surface area contributed by atoms with Crippen molar-refractivity contribution in [2.75, 3.05) is 13.2 Å². The Kier molecular flexibility index (Phi) is 38.3. The molecule has 0 radical (unpaired) electrons. The van der Waals surface area contributed by atoms with Gasteiger partial charge in [-0.1, -0.05) is 174 Å². The molecule has 290 valence electrons. The van der Waals surface area contributed by atoms with Gasteiger partial charge >= 0.3 is 5.97 Å². The van der Waals surface area contributed by atoms with Crippen molar-refractivity contribution in [3.63, 3.8) is 0 Å². The van der Waals surface area contributed by atoms with Crippen LogP contribution in [0.3, 0.4) is 0 Å². The van der Waals surface area contributed by atoms with E-state index in [1.165, 1.54) is 135 Å². The first-order chi connectivity index (χ1) is 24.0. The fraction of sp³-hybridized carbons (Fsp3) is 0.907. The van der Waals surface area contributed by atoms with Gasteiger partial charge in [-0.3, -0.25) is 9.59 Å². The number of amides is 1. The SMILES string of the molecule is CCCCCC/C=C\CCCCCCCC(=O)OCCCCCCCCCCCCC(=O)NC(CO)C(O)CCCCCCCCCCC. The first-order valence-electron chi connectivity index (χ1n) is 21.4. The van der Waals surface area contributed by atoms with E-state index in [0.717, 1.165) is 57.8 Å². The van der Waals surface area contributed by atoms with E-state index in [4.69, 9.17) is 4.74 Å². The minimum Gasteiger partial charge on any atom is -0.466 e. The zero-order chi connectivity index (χ0) is 35.9. The third-order valence-electron chi connectivity index (χ3n) is 9.81. The summed E-state index contributed by atoms with van der Waals surface area (Å²) >= 11 is 0. The van der Waals surface area contributed by atoms with Gasteiger partial charge in [-0.05, 0) is 51.4 Å². The van der Waals surface area contributed by atoms with E-state index in [9.17, 15) is 19.8 Å². The van der Waals surface area contributed by atoms with Crippen molar-refractivity contribution in [3.8, 4) is 0 Å². The Bertz CT molecular complexity index is 727. The first-order valence-corrected chi connectivity index (χ1v) is 21.4. The van der Waals surface area contributed by atoms with Crippen LogP contribution in [0, 0.1) is 0 Å². The zero-order valence-electron chi connectivity index (χ0n) is 32.7. The highest BCUT2D eigenvalue weighted by atomic mass is 16.5. The molecule has 3 N–H and O–H groups in total. The lowest BCUT2D eigenvalue weighted by Crippen LogP contribution is -2.45. The normalized spacial score (nSPS) is 12.8. The number of carbonyl (C=O) groups excluding carboxylic acids is 2. The van der Waals surface area contributed by atoms with Gasteiger partial charge in [0.15, 0.2) is 0 Å². The Morgan fingerprint density at radius 3 is 1.47 bits per heavy atom. The Hall–Kier alpha value is -1.40. The van der Waals surface area contributed by atoms with Gasteiger partial charge in [-0.25, -0.2) is 0 Å². The third-order valence-corrected chi connectivity index (χ3v) is 9.81. The number of aliphatic hydroxyl groups is 2. The predicted octanol–water partition coefficient (Wildman–Crippen LogP) is 11.8. The first kappa shape index (κ1) is 47.6. The van der Waals surface area contributed by atoms with Gasteiger partial charge in [-0.2, -0.15) is 0 Å². The highest BCUT2D eigenvalue weighted by Crippen LogP contribution is 2.15. The number of allylic oxidation sites excluding steroid dienone is 2. The van der Waals surface area contributed by atoms with Crippen LogP contribution in [0.5, 0.6) is 0 Å². The maximum Gasteiger partial charge on any atom is 0.305 e. The fourth-order valence-electron chi connectivity index (χ4n) is 6.45. The van der Waals surface area contributed by atoms with Gasteiger partial charge < -0.3 is 20.3 Å². The standard InChI is InChI=1S/C43H83NO5/c1-3-5-7-9-11-13-14-15-16-21-25-29-33-37-43(48)49-38-34-30-26-22-18-17-20-24-28-32-36-42(47)44-40(39-45)41(46)35-31-27-23-19-12-10-8-6-4-2/h13-14,40-41,45-46H,3-12,15-39H2,1-2H3,(H,44,47)/b14-13-. The maximum absolute atomic E-state index is 12.3. The molecule has 0 saturated carbocycles. The lowest BCUT2D eigenvalue weighted by atomic mass is 10.0. The van der Waals surface area contributed by atoms with Gasteiger partial charge in [0, 0.05) is 12.8 Å². The largest absolute Gasteiger partial charge is 0.466 e. The summed E-state index contributed by atoms with van der Waals surface area (Å²) in [6.07, 6.45) is 41.6. The van der Waals surface area contributed by atoms with Crippen LogP contribution in [0.25, 0.3) is 0 Å². The van der Waals surface area contributed by atoms with Crippen LogP contribution < -0.4 is 5.32 Å². The molecule has 0 fully saturated rings. The average molecular weight is 694 g/mol. The molecule has 2 unspecified atom stereocenters. The molecule has 0 aromatic heterocycles. The van der Waals surface area contributed by atoms with Gasteiger partial charge in [0.25, 0.3) is 0 Å². The number of hydrogen-bond donors (Lipinski definition) is 3. The quantitative estimate of drug-likeness (QED) is 0.0338. The summed E-state index contributed by atoms with van der Waals surface area (Å²) in [5.41, 5.74) is 0. The van der Waals surface area contributed by atoms with E-state index < -0.39 is 12.1 Å². The van der Waals surface area contributed by atoms with Gasteiger partial charge in [0.1, 0.15) is 0 Å². The summed E-state index contributed by atoms with van der Waals surface area (Å²) in [6, 6.07) is -0.555. The number of aliphatic hydroxyl groups excluding tert-OH is 2. The molecule has 0 spiro atoms. The summed E-state index contributed by atoms with van der Waals surface area (Å²) < 4.78 is 5.43. The van der Waals surface area contributed by atoms with E-state index in [2.05, 4.69) is 31.3 Å². The Morgan fingerprint density at radius 1 is 0.551 bits per heavy atom. The lowest BCUT2D eigenvalue weighted by Gasteiger charge is -2.22. The van der Waals surface area contributed by atoms with Crippen molar-refractivity contribution in [1.82, 2.24) is 5.32 Å². The second-order valence-electron chi connectivity index (χ2n) is 14.7. The molecule has 0 saturated heterocycles. The molecule has 6 heteroatoms. The molecule has 0 rings (SSSR count). The molecule has 0 heterocycles. The summed E-state index contributed by atoms with van der Waals surface area (Å²) in [4.78, 5) is 24.3. The minimum absolute atomic E-state index is 0.0290. The average Bonchev–Trinajstić information content (AvgIpc) is 3.10. The zero-order valence-corrected chi connectivity index (χ0v) is 32.7. The molecular formula is C43H83NO5. The molecule has 0 aliphatic heterocycles. The molecule has 0 aliphatic rings. The number of unbranched alkanes of at least 4 members (excludes halogenated alkanes) is 26. The predicted molar refractivity (Wildman–Crippen MR) is 209 cm³/mol. The number of esters is 1. The molecule has 49 heavy (non-hydrogen) atoms. The van der Waals surface area contributed by atoms with Crippen molar-refractivity contribution in [2.45, 2.75) is 238 Å². The molecule has 1 amide bonds. The maximum atomic E-state index is 12.3. The van der Waals surface area contributed by atoms with E-state index in [1.54, 1.807) is 0 Å². The number of ether oxygens (including phenoxy) is 1. The molecule has 2 atom stereocenters. The van der Waals surface area contributed by atoms with Gasteiger partial charge in [-0.15, -0.1) is 0 Å². The van der Waals surface area contributed by atoms with Crippen LogP contribution in [0.2, 0.25) is 0 Å². The van der Waals surface area contributed by atoms with Crippen molar-refractivity contribution in [1.29, 1.82) is 0 Å². The Morgan fingerprint density at radius 2 is 0.959 bits per heavy atom. The topological polar surface area (TPSA) is 95.9 Å². The summed E-state index contributed by atoms with van der Waals surface area (Å²) in [5, 5.41) is 23.0. The molecule has 6 nitrogen and oxygen atoms in total. The molecule has 0 bridgehead atoms. The molecule has 0 aromatic rings. The Labute approximate surface area is 304 Å². The highest BCUT2D eigenvalue weighted by Gasteiger charge is 2.20. The van der Waals surface area contributed by atoms with Crippen LogP contribution in [-0.2, 0) is 14.3 Å². The van der Waals surface area contributed by atoms with E-state index in [0.29, 0.717) is 25.9 Å². The van der Waals surface area contributed by atoms with Crippen LogP contribution in [-0.4, -0.2) is 47.4 Å². The van der Waals surface area contributed by atoms with Crippen molar-refractivity contribution >= 4 is 11.9 Å². The Balaban J connectivity index is 3.48. The summed E-state index contributed by atoms with van der Waals surface area (Å²) in [7, 11) is 0. The van der Waals surface area contributed by atoms with Gasteiger partial charge in [0.05, 0.1) is 25.4 Å². The minimum atomic E-state index is -0.675. The summed E-state index contributed by atoms with van der Waals surface area (Å²) in [5.74, 6) is -0.0906. The number of hydrogen-bond acceptors (Lipinski definition) is 5. The van der Waals surface area contributed by atoms with E-state index in [1.807, 2.05) is 0 Å². The van der Waals surface area contributed by atoms with Crippen molar-refractivity contribution in [2.24, 2.45) is 0 Å². The van der Waals surface area contributed by atoms with Crippen molar-refractivity contribution in [3.05, 3.63) is 12.2 Å². The summed E-state index contributed by atoms with van der Waals surface area (Å²) in [6.45, 7) is 4.84. The number of carbonyl (C=O) groups is 2. The number of nitrogens with one attached hydrogen (secondary N) is 1. The monoisotopic (exact) mass is 694 g/mol. The lowest BCUT2D eigenvalue weighted by molar-refractivity contribution is -0.143. The molecular weight excluding hydrogens is 610 g/mol. The smallest absolute Gasteiger partial charge is 0.305 e. The molecule has 0 aliphatic carbocycles. The van der Waals surface area contributed by atoms with Crippen LogP contribution >= 0.6 is 0 Å². The van der Waals surface area contributed by atoms with Gasteiger partial charge in [0.2, 0.25) is 5.91 Å². The van der Waals surface area contributed by atoms with Crippen LogP contribution in [0.1, 0.15) is 226 Å². The van der Waals surface area contributed by atoms with E-state index in [-0.39, 0.29) is 18.5 Å². The van der Waals surface area contributed by atoms with Crippen LogP contribution in [0.4, 0.5) is 0 Å². The van der Waals surface area contributed by atoms with Crippen molar-refractivity contribution < 1.29 is 24.5 Å². The number of rotatable bonds is 39. The van der Waals surface area contributed by atoms with Crippen LogP contribution in [0.15, 0.2) is 12.2 Å². The highest BCUT2D eigenvalue weighted by molar-refractivity contribution is 5.76. The molecule has 0 aromatic carbocycles. The second-order valence-corrected chi connectivity index (χ2v) is 14.7. The fourth-order valence-corrected chi connectivity index (χ4v) is 6.45. The second kappa shape index (κ2) is 39.4. The van der Waals surface area contributed by atoms with E-state index >= 15 is 0 Å². The third kappa shape index (κ3) is 36.2.